The summed E-state index contributed by atoms with van der Waals surface area (Å²) in [6.45, 7) is 0. The molecule has 9 rings (SSSR count). The third kappa shape index (κ3) is 3.94. The van der Waals surface area contributed by atoms with E-state index in [1.807, 2.05) is 72.1 Å². The van der Waals surface area contributed by atoms with Crippen LogP contribution >= 0.6 is 11.3 Å². The number of hydrogen-bond acceptors (Lipinski definition) is 5. The molecule has 0 aliphatic carbocycles. The topological polar surface area (TPSA) is 51.8 Å². The van der Waals surface area contributed by atoms with Crippen LogP contribution in [0, 0.1) is 0 Å². The summed E-state index contributed by atoms with van der Waals surface area (Å²) < 4.78 is 8.73. The van der Waals surface area contributed by atoms with Crippen LogP contribution in [-0.2, 0) is 0 Å². The van der Waals surface area contributed by atoms with E-state index in [2.05, 4.69) is 78.9 Å². The standard InChI is InChI=1S/C39H23N3OS/c1-2-11-24(12-3-1)39-41-31(27-16-9-20-34-36(27)29-14-4-6-19-33(29)43-34)23-32(42-39)28-18-10-22-40-37(28)30-17-8-15-26-25-13-5-7-21-35(25)44-38(26)30/h1-23H. The van der Waals surface area contributed by atoms with Crippen LogP contribution in [0.4, 0.5) is 0 Å². The maximum Gasteiger partial charge on any atom is 0.160 e. The molecule has 0 spiro atoms. The van der Waals surface area contributed by atoms with Gasteiger partial charge < -0.3 is 4.42 Å². The zero-order valence-corrected chi connectivity index (χ0v) is 24.3. The van der Waals surface area contributed by atoms with Gasteiger partial charge in [0, 0.05) is 59.4 Å². The SMILES string of the molecule is c1ccc(-c2nc(-c3cccnc3-c3cccc4c3sc3ccccc34)cc(-c3cccc4oc5ccccc5c34)n2)cc1. The van der Waals surface area contributed by atoms with Gasteiger partial charge >= 0.3 is 0 Å². The predicted octanol–water partition coefficient (Wildman–Crippen LogP) is 10.8. The van der Waals surface area contributed by atoms with Crippen LogP contribution in [0.2, 0.25) is 0 Å². The van der Waals surface area contributed by atoms with E-state index in [1.165, 1.54) is 20.2 Å². The number of fused-ring (bicyclic) bond motifs is 6. The molecule has 0 aliphatic heterocycles. The Bertz CT molecular complexity index is 2510. The Hall–Kier alpha value is -5.65. The average Bonchev–Trinajstić information content (AvgIpc) is 3.67. The smallest absolute Gasteiger partial charge is 0.160 e. The lowest BCUT2D eigenvalue weighted by atomic mass is 9.98. The first-order valence-electron chi connectivity index (χ1n) is 14.5. The second kappa shape index (κ2) is 9.97. The van der Waals surface area contributed by atoms with Crippen LogP contribution in [0.25, 0.3) is 87.3 Å². The Kier molecular flexibility index (Phi) is 5.64. The van der Waals surface area contributed by atoms with Gasteiger partial charge in [0.15, 0.2) is 5.82 Å². The van der Waals surface area contributed by atoms with Crippen LogP contribution in [0.1, 0.15) is 0 Å². The summed E-state index contributed by atoms with van der Waals surface area (Å²) in [5, 5.41) is 4.63. The molecule has 206 valence electrons. The molecular weight excluding hydrogens is 559 g/mol. The van der Waals surface area contributed by atoms with Crippen molar-refractivity contribution in [3.63, 3.8) is 0 Å². The summed E-state index contributed by atoms with van der Waals surface area (Å²) in [6.07, 6.45) is 1.86. The molecule has 4 heterocycles. The molecule has 0 aliphatic rings. The molecule has 0 saturated carbocycles. The van der Waals surface area contributed by atoms with Crippen molar-refractivity contribution in [1.82, 2.24) is 15.0 Å². The molecule has 0 bridgehead atoms. The van der Waals surface area contributed by atoms with E-state index in [4.69, 9.17) is 19.4 Å². The lowest BCUT2D eigenvalue weighted by Gasteiger charge is -2.13. The van der Waals surface area contributed by atoms with Gasteiger partial charge in [-0.3, -0.25) is 4.98 Å². The number of pyridine rings is 1. The van der Waals surface area contributed by atoms with Crippen LogP contribution in [-0.4, -0.2) is 15.0 Å². The Morgan fingerprint density at radius 1 is 0.523 bits per heavy atom. The molecule has 5 aromatic carbocycles. The van der Waals surface area contributed by atoms with E-state index >= 15 is 0 Å². The third-order valence-electron chi connectivity index (χ3n) is 8.18. The Labute approximate surface area is 256 Å². The molecule has 0 radical (unpaired) electrons. The first kappa shape index (κ1) is 24.9. The summed E-state index contributed by atoms with van der Waals surface area (Å²) >= 11 is 1.81. The monoisotopic (exact) mass is 581 g/mol. The highest BCUT2D eigenvalue weighted by molar-refractivity contribution is 7.26. The van der Waals surface area contributed by atoms with E-state index in [0.717, 1.165) is 61.3 Å². The predicted molar refractivity (Wildman–Crippen MR) is 182 cm³/mol. The van der Waals surface area contributed by atoms with Gasteiger partial charge in [-0.15, -0.1) is 11.3 Å². The highest BCUT2D eigenvalue weighted by atomic mass is 32.1. The molecule has 5 heteroatoms. The van der Waals surface area contributed by atoms with Crippen molar-refractivity contribution >= 4 is 53.4 Å². The number of hydrogen-bond donors (Lipinski definition) is 0. The van der Waals surface area contributed by atoms with Crippen molar-refractivity contribution in [2.24, 2.45) is 0 Å². The lowest BCUT2D eigenvalue weighted by molar-refractivity contribution is 0.669. The molecule has 0 unspecified atom stereocenters. The van der Waals surface area contributed by atoms with Crippen LogP contribution in [0.5, 0.6) is 0 Å². The zero-order chi connectivity index (χ0) is 29.0. The van der Waals surface area contributed by atoms with Gasteiger partial charge in [-0.05, 0) is 36.4 Å². The summed E-state index contributed by atoms with van der Waals surface area (Å²) in [5.74, 6) is 0.665. The Morgan fingerprint density at radius 3 is 2.11 bits per heavy atom. The van der Waals surface area contributed by atoms with Crippen molar-refractivity contribution < 1.29 is 4.42 Å². The van der Waals surface area contributed by atoms with Crippen LogP contribution in [0.3, 0.4) is 0 Å². The zero-order valence-electron chi connectivity index (χ0n) is 23.4. The number of para-hydroxylation sites is 1. The van der Waals surface area contributed by atoms with Gasteiger partial charge in [-0.1, -0.05) is 97.1 Å². The van der Waals surface area contributed by atoms with Crippen molar-refractivity contribution in [3.05, 3.63) is 140 Å². The first-order valence-corrected chi connectivity index (χ1v) is 15.3. The summed E-state index contributed by atoms with van der Waals surface area (Å²) in [4.78, 5) is 15.3. The van der Waals surface area contributed by atoms with Crippen molar-refractivity contribution in [2.45, 2.75) is 0 Å². The van der Waals surface area contributed by atoms with Crippen LogP contribution in [0.15, 0.2) is 144 Å². The van der Waals surface area contributed by atoms with E-state index in [-0.39, 0.29) is 0 Å². The van der Waals surface area contributed by atoms with Crippen molar-refractivity contribution in [2.75, 3.05) is 0 Å². The fourth-order valence-corrected chi connectivity index (χ4v) is 7.40. The number of benzene rings is 5. The largest absolute Gasteiger partial charge is 0.456 e. The van der Waals surface area contributed by atoms with Crippen molar-refractivity contribution in [3.8, 4) is 45.2 Å². The average molecular weight is 582 g/mol. The minimum Gasteiger partial charge on any atom is -0.456 e. The van der Waals surface area contributed by atoms with E-state index in [9.17, 15) is 0 Å². The molecule has 4 aromatic heterocycles. The van der Waals surface area contributed by atoms with Crippen LogP contribution < -0.4 is 0 Å². The Morgan fingerprint density at radius 2 is 1.20 bits per heavy atom. The fraction of sp³-hybridized carbons (Fsp3) is 0. The van der Waals surface area contributed by atoms with E-state index in [0.29, 0.717) is 5.82 Å². The van der Waals surface area contributed by atoms with Gasteiger partial charge in [0.2, 0.25) is 0 Å². The molecule has 0 amide bonds. The molecule has 0 N–H and O–H groups in total. The minimum atomic E-state index is 0.665. The van der Waals surface area contributed by atoms with E-state index < -0.39 is 0 Å². The molecule has 0 fully saturated rings. The second-order valence-corrected chi connectivity index (χ2v) is 11.8. The van der Waals surface area contributed by atoms with Gasteiger partial charge in [-0.25, -0.2) is 9.97 Å². The molecule has 9 aromatic rings. The molecule has 0 atom stereocenters. The summed E-state index contributed by atoms with van der Waals surface area (Å²) in [5.41, 5.74) is 8.27. The highest BCUT2D eigenvalue weighted by Crippen LogP contribution is 2.43. The summed E-state index contributed by atoms with van der Waals surface area (Å²) in [7, 11) is 0. The van der Waals surface area contributed by atoms with E-state index in [1.54, 1.807) is 0 Å². The van der Waals surface area contributed by atoms with Gasteiger partial charge in [0.05, 0.1) is 17.1 Å². The maximum absolute atomic E-state index is 6.23. The number of aromatic nitrogens is 3. The number of thiophene rings is 1. The molecular formula is C39H23N3OS. The molecule has 0 saturated heterocycles. The minimum absolute atomic E-state index is 0.665. The highest BCUT2D eigenvalue weighted by Gasteiger charge is 2.19. The quantitative estimate of drug-likeness (QED) is 0.207. The normalized spacial score (nSPS) is 11.6. The molecule has 4 nitrogen and oxygen atoms in total. The first-order chi connectivity index (χ1) is 21.8. The lowest BCUT2D eigenvalue weighted by Crippen LogP contribution is -1.98. The fourth-order valence-electron chi connectivity index (χ4n) is 6.19. The number of nitrogens with zero attached hydrogens (tertiary/aromatic N) is 3. The maximum atomic E-state index is 6.23. The molecule has 44 heavy (non-hydrogen) atoms. The van der Waals surface area contributed by atoms with Gasteiger partial charge in [0.1, 0.15) is 11.2 Å². The summed E-state index contributed by atoms with van der Waals surface area (Å²) in [6, 6.07) is 45.8. The van der Waals surface area contributed by atoms with Gasteiger partial charge in [-0.2, -0.15) is 0 Å². The Balaban J connectivity index is 1.32. The number of rotatable bonds is 4. The van der Waals surface area contributed by atoms with Crippen molar-refractivity contribution in [1.29, 1.82) is 0 Å². The third-order valence-corrected chi connectivity index (χ3v) is 9.40. The second-order valence-electron chi connectivity index (χ2n) is 10.8. The number of furan rings is 1. The van der Waals surface area contributed by atoms with Gasteiger partial charge in [0.25, 0.3) is 0 Å².